The summed E-state index contributed by atoms with van der Waals surface area (Å²) in [5.41, 5.74) is 1.60. The number of hydrogen-bond acceptors (Lipinski definition) is 2. The largest absolute Gasteiger partial charge is 0.478 e. The van der Waals surface area contributed by atoms with Crippen LogP contribution in [0.4, 0.5) is 0 Å². The summed E-state index contributed by atoms with van der Waals surface area (Å²) in [7, 11) is 0. The summed E-state index contributed by atoms with van der Waals surface area (Å²) >= 11 is 4.11. The maximum atomic E-state index is 10.2. The van der Waals surface area contributed by atoms with Crippen LogP contribution in [-0.2, 0) is 5.75 Å². The SMILES string of the molecule is O=C(O)c1ccccc1.SCc1ccccc1. The molecule has 1 N–H and O–H groups in total. The van der Waals surface area contributed by atoms with Gasteiger partial charge in [0.05, 0.1) is 5.56 Å². The third-order valence-electron chi connectivity index (χ3n) is 2.05. The molecule has 2 aromatic rings. The van der Waals surface area contributed by atoms with E-state index >= 15 is 0 Å². The zero-order valence-electron chi connectivity index (χ0n) is 9.28. The Hall–Kier alpha value is -1.74. The molecule has 2 nitrogen and oxygen atoms in total. The molecule has 0 aliphatic rings. The lowest BCUT2D eigenvalue weighted by molar-refractivity contribution is 0.0697. The van der Waals surface area contributed by atoms with Gasteiger partial charge in [-0.05, 0) is 17.7 Å². The van der Waals surface area contributed by atoms with E-state index < -0.39 is 5.97 Å². The van der Waals surface area contributed by atoms with Crippen LogP contribution in [0.25, 0.3) is 0 Å². The molecule has 0 aliphatic carbocycles. The first-order valence-electron chi connectivity index (χ1n) is 5.17. The molecule has 3 heteroatoms. The van der Waals surface area contributed by atoms with Gasteiger partial charge in [-0.25, -0.2) is 4.79 Å². The molecule has 0 radical (unpaired) electrons. The summed E-state index contributed by atoms with van der Waals surface area (Å²) in [6.45, 7) is 0. The molecule has 0 fully saturated rings. The van der Waals surface area contributed by atoms with Crippen LogP contribution in [0.5, 0.6) is 0 Å². The fourth-order valence-corrected chi connectivity index (χ4v) is 1.37. The minimum absolute atomic E-state index is 0.331. The van der Waals surface area contributed by atoms with Crippen LogP contribution in [0, 0.1) is 0 Å². The highest BCUT2D eigenvalue weighted by Crippen LogP contribution is 2.00. The maximum absolute atomic E-state index is 10.2. The molecule has 0 bridgehead atoms. The van der Waals surface area contributed by atoms with E-state index in [1.807, 2.05) is 18.2 Å². The minimum Gasteiger partial charge on any atom is -0.478 e. The van der Waals surface area contributed by atoms with Crippen LogP contribution < -0.4 is 0 Å². The van der Waals surface area contributed by atoms with E-state index in [2.05, 4.69) is 24.8 Å². The quantitative estimate of drug-likeness (QED) is 0.796. The molecule has 0 spiro atoms. The molecular weight excluding hydrogens is 232 g/mol. The topological polar surface area (TPSA) is 37.3 Å². The van der Waals surface area contributed by atoms with Gasteiger partial charge in [0, 0.05) is 5.75 Å². The molecule has 2 aromatic carbocycles. The zero-order valence-corrected chi connectivity index (χ0v) is 10.2. The number of carboxylic acids is 1. The number of rotatable bonds is 2. The first-order chi connectivity index (χ1) is 8.24. The average molecular weight is 246 g/mol. The standard InChI is InChI=1S/C7H6O2.C7H8S/c8-7(9)6-4-2-1-3-5-6;8-6-7-4-2-1-3-5-7/h1-5H,(H,8,9);1-5,8H,6H2. The molecule has 0 heterocycles. The van der Waals surface area contributed by atoms with Crippen LogP contribution in [0.3, 0.4) is 0 Å². The van der Waals surface area contributed by atoms with Crippen LogP contribution >= 0.6 is 12.6 Å². The van der Waals surface area contributed by atoms with Crippen LogP contribution in [0.15, 0.2) is 60.7 Å². The van der Waals surface area contributed by atoms with Gasteiger partial charge in [-0.3, -0.25) is 0 Å². The summed E-state index contributed by atoms with van der Waals surface area (Å²) in [4.78, 5) is 10.2. The smallest absolute Gasteiger partial charge is 0.335 e. The highest BCUT2D eigenvalue weighted by molar-refractivity contribution is 7.79. The Labute approximate surface area is 106 Å². The Morgan fingerprint density at radius 3 is 1.71 bits per heavy atom. The van der Waals surface area contributed by atoms with Gasteiger partial charge in [-0.15, -0.1) is 0 Å². The third kappa shape index (κ3) is 5.22. The van der Waals surface area contributed by atoms with Gasteiger partial charge in [0.1, 0.15) is 0 Å². The number of thiol groups is 1. The van der Waals surface area contributed by atoms with E-state index in [-0.39, 0.29) is 0 Å². The molecule has 0 aromatic heterocycles. The van der Waals surface area contributed by atoms with Crippen LogP contribution in [0.2, 0.25) is 0 Å². The lowest BCUT2D eigenvalue weighted by atomic mass is 10.2. The van der Waals surface area contributed by atoms with Crippen molar-refractivity contribution in [1.29, 1.82) is 0 Å². The van der Waals surface area contributed by atoms with Crippen molar-refractivity contribution in [3.63, 3.8) is 0 Å². The van der Waals surface area contributed by atoms with E-state index in [4.69, 9.17) is 5.11 Å². The molecule has 0 atom stereocenters. The summed E-state index contributed by atoms with van der Waals surface area (Å²) in [6, 6.07) is 18.5. The Bertz CT molecular complexity index is 440. The predicted octanol–water partition coefficient (Wildman–Crippen LogP) is 3.50. The first kappa shape index (κ1) is 13.3. The van der Waals surface area contributed by atoms with Gasteiger partial charge in [0.25, 0.3) is 0 Å². The van der Waals surface area contributed by atoms with Crippen molar-refractivity contribution in [2.45, 2.75) is 5.75 Å². The summed E-state index contributed by atoms with van der Waals surface area (Å²) in [6.07, 6.45) is 0. The molecule has 88 valence electrons. The van der Waals surface area contributed by atoms with Crippen molar-refractivity contribution in [2.24, 2.45) is 0 Å². The fraction of sp³-hybridized carbons (Fsp3) is 0.0714. The van der Waals surface area contributed by atoms with Gasteiger partial charge in [-0.2, -0.15) is 12.6 Å². The second-order valence-corrected chi connectivity index (χ2v) is 3.63. The normalized spacial score (nSPS) is 9.00. The van der Waals surface area contributed by atoms with Crippen molar-refractivity contribution in [2.75, 3.05) is 0 Å². The lowest BCUT2D eigenvalue weighted by Crippen LogP contribution is -1.93. The van der Waals surface area contributed by atoms with Gasteiger partial charge >= 0.3 is 5.97 Å². The molecular formula is C14H14O2S. The van der Waals surface area contributed by atoms with Gasteiger partial charge in [-0.1, -0.05) is 48.5 Å². The Morgan fingerprint density at radius 2 is 1.41 bits per heavy atom. The van der Waals surface area contributed by atoms with Crippen molar-refractivity contribution in [3.05, 3.63) is 71.8 Å². The molecule has 2 rings (SSSR count). The molecule has 0 aliphatic heterocycles. The summed E-state index contributed by atoms with van der Waals surface area (Å²) < 4.78 is 0. The van der Waals surface area contributed by atoms with E-state index in [1.54, 1.807) is 30.3 Å². The number of carboxylic acid groups (broad SMARTS) is 1. The number of aromatic carboxylic acids is 1. The Kier molecular flexibility index (Phi) is 5.89. The van der Waals surface area contributed by atoms with Crippen molar-refractivity contribution >= 4 is 18.6 Å². The predicted molar refractivity (Wildman–Crippen MR) is 72.5 cm³/mol. The highest BCUT2D eigenvalue weighted by Gasteiger charge is 1.96. The monoisotopic (exact) mass is 246 g/mol. The molecule has 0 saturated heterocycles. The van der Waals surface area contributed by atoms with Crippen molar-refractivity contribution in [1.82, 2.24) is 0 Å². The van der Waals surface area contributed by atoms with E-state index in [0.717, 1.165) is 5.75 Å². The number of hydrogen-bond donors (Lipinski definition) is 2. The Morgan fingerprint density at radius 1 is 0.941 bits per heavy atom. The lowest BCUT2D eigenvalue weighted by Gasteiger charge is -1.89. The highest BCUT2D eigenvalue weighted by atomic mass is 32.1. The van der Waals surface area contributed by atoms with Gasteiger partial charge in [0.2, 0.25) is 0 Å². The van der Waals surface area contributed by atoms with E-state index in [0.29, 0.717) is 5.56 Å². The first-order valence-corrected chi connectivity index (χ1v) is 5.80. The van der Waals surface area contributed by atoms with Gasteiger partial charge < -0.3 is 5.11 Å². The minimum atomic E-state index is -0.879. The average Bonchev–Trinajstić information content (AvgIpc) is 2.41. The molecule has 0 unspecified atom stereocenters. The number of benzene rings is 2. The van der Waals surface area contributed by atoms with Crippen molar-refractivity contribution in [3.8, 4) is 0 Å². The molecule has 17 heavy (non-hydrogen) atoms. The molecule has 0 amide bonds. The fourth-order valence-electron chi connectivity index (χ4n) is 1.16. The van der Waals surface area contributed by atoms with Crippen LogP contribution in [-0.4, -0.2) is 11.1 Å². The second kappa shape index (κ2) is 7.52. The van der Waals surface area contributed by atoms with Crippen LogP contribution in [0.1, 0.15) is 15.9 Å². The molecule has 0 saturated carbocycles. The van der Waals surface area contributed by atoms with E-state index in [1.165, 1.54) is 5.56 Å². The van der Waals surface area contributed by atoms with Gasteiger partial charge in [0.15, 0.2) is 0 Å². The van der Waals surface area contributed by atoms with Crippen molar-refractivity contribution < 1.29 is 9.90 Å². The summed E-state index contributed by atoms with van der Waals surface area (Å²) in [5.74, 6) is -0.0449. The Balaban J connectivity index is 0.000000171. The second-order valence-electron chi connectivity index (χ2n) is 3.31. The number of carbonyl (C=O) groups is 1. The van der Waals surface area contributed by atoms with E-state index in [9.17, 15) is 4.79 Å². The summed E-state index contributed by atoms with van der Waals surface area (Å²) in [5, 5.41) is 8.38. The maximum Gasteiger partial charge on any atom is 0.335 e. The zero-order chi connectivity index (χ0) is 12.5. The third-order valence-corrected chi connectivity index (χ3v) is 2.41.